The van der Waals surface area contributed by atoms with E-state index in [1.807, 2.05) is 0 Å². The Labute approximate surface area is 118 Å². The number of nitrogens with one attached hydrogen (secondary N) is 3. The second kappa shape index (κ2) is 6.75. The summed E-state index contributed by atoms with van der Waals surface area (Å²) >= 11 is 0. The molecule has 0 spiro atoms. The Kier molecular flexibility index (Phi) is 4.76. The zero-order valence-corrected chi connectivity index (χ0v) is 11.5. The quantitative estimate of drug-likeness (QED) is 0.741. The van der Waals surface area contributed by atoms with Gasteiger partial charge in [-0.25, -0.2) is 4.79 Å². The fraction of sp³-hybridized carbons (Fsp3) is 0.333. The summed E-state index contributed by atoms with van der Waals surface area (Å²) < 4.78 is 0. The Morgan fingerprint density at radius 2 is 1.70 bits per heavy atom. The van der Waals surface area contributed by atoms with E-state index in [2.05, 4.69) is 28.1 Å². The van der Waals surface area contributed by atoms with Gasteiger partial charge in [0.2, 0.25) is 5.91 Å². The van der Waals surface area contributed by atoms with Crippen molar-refractivity contribution in [1.82, 2.24) is 5.32 Å². The fourth-order valence-electron chi connectivity index (χ4n) is 2.11. The normalized spacial score (nSPS) is 17.4. The van der Waals surface area contributed by atoms with Crippen molar-refractivity contribution in [2.75, 3.05) is 17.7 Å². The highest BCUT2D eigenvalue weighted by Gasteiger charge is 2.18. The maximum Gasteiger partial charge on any atom is 0.318 e. The van der Waals surface area contributed by atoms with Crippen LogP contribution in [-0.2, 0) is 4.79 Å². The molecule has 3 N–H and O–H groups in total. The van der Waals surface area contributed by atoms with Crippen LogP contribution in [0, 0.1) is 5.92 Å². The zero-order valence-electron chi connectivity index (χ0n) is 11.5. The molecule has 1 atom stereocenters. The van der Waals surface area contributed by atoms with Crippen LogP contribution in [0.1, 0.15) is 19.3 Å². The minimum atomic E-state index is -0.268. The van der Waals surface area contributed by atoms with Gasteiger partial charge in [0.1, 0.15) is 0 Å². The SMILES string of the molecule is CNC(=O)Nc1ccc(NC(=O)[C@H]2CC=CCC2)cc1. The molecular weight excluding hydrogens is 254 g/mol. The topological polar surface area (TPSA) is 70.2 Å². The molecule has 2 rings (SSSR count). The summed E-state index contributed by atoms with van der Waals surface area (Å²) in [6.45, 7) is 0. The largest absolute Gasteiger partial charge is 0.341 e. The minimum Gasteiger partial charge on any atom is -0.341 e. The minimum absolute atomic E-state index is 0.0568. The molecule has 0 saturated carbocycles. The Morgan fingerprint density at radius 1 is 1.05 bits per heavy atom. The number of hydrogen-bond donors (Lipinski definition) is 3. The van der Waals surface area contributed by atoms with Crippen molar-refractivity contribution in [2.45, 2.75) is 19.3 Å². The van der Waals surface area contributed by atoms with Crippen LogP contribution in [-0.4, -0.2) is 19.0 Å². The fourth-order valence-corrected chi connectivity index (χ4v) is 2.11. The first-order valence-corrected chi connectivity index (χ1v) is 6.73. The average molecular weight is 273 g/mol. The van der Waals surface area contributed by atoms with E-state index in [-0.39, 0.29) is 17.9 Å². The lowest BCUT2D eigenvalue weighted by Gasteiger charge is -2.17. The van der Waals surface area contributed by atoms with Crippen LogP contribution >= 0.6 is 0 Å². The van der Waals surface area contributed by atoms with Crippen molar-refractivity contribution < 1.29 is 9.59 Å². The number of rotatable bonds is 3. The maximum atomic E-state index is 12.1. The van der Waals surface area contributed by atoms with Crippen LogP contribution in [0.3, 0.4) is 0 Å². The number of anilines is 2. The molecule has 0 radical (unpaired) electrons. The molecule has 106 valence electrons. The lowest BCUT2D eigenvalue weighted by molar-refractivity contribution is -0.120. The van der Waals surface area contributed by atoms with Gasteiger partial charge in [-0.05, 0) is 43.5 Å². The van der Waals surface area contributed by atoms with Gasteiger partial charge in [0, 0.05) is 24.3 Å². The zero-order chi connectivity index (χ0) is 14.4. The van der Waals surface area contributed by atoms with Crippen LogP contribution in [0.25, 0.3) is 0 Å². The molecule has 1 aliphatic rings. The second-order valence-electron chi connectivity index (χ2n) is 4.75. The molecule has 5 nitrogen and oxygen atoms in total. The van der Waals surface area contributed by atoms with Gasteiger partial charge in [-0.1, -0.05) is 12.2 Å². The molecule has 0 heterocycles. The van der Waals surface area contributed by atoms with Crippen molar-refractivity contribution in [2.24, 2.45) is 5.92 Å². The smallest absolute Gasteiger partial charge is 0.318 e. The van der Waals surface area contributed by atoms with Gasteiger partial charge < -0.3 is 16.0 Å². The van der Waals surface area contributed by atoms with Crippen molar-refractivity contribution in [1.29, 1.82) is 0 Å². The van der Waals surface area contributed by atoms with E-state index in [9.17, 15) is 9.59 Å². The molecule has 0 saturated heterocycles. The number of amides is 3. The van der Waals surface area contributed by atoms with Gasteiger partial charge in [-0.15, -0.1) is 0 Å². The number of hydrogen-bond acceptors (Lipinski definition) is 2. The van der Waals surface area contributed by atoms with Gasteiger partial charge in [0.05, 0.1) is 0 Å². The van der Waals surface area contributed by atoms with Crippen LogP contribution < -0.4 is 16.0 Å². The third kappa shape index (κ3) is 3.85. The number of carbonyl (C=O) groups excluding carboxylic acids is 2. The maximum absolute atomic E-state index is 12.1. The first-order valence-electron chi connectivity index (χ1n) is 6.73. The molecule has 0 fully saturated rings. The highest BCUT2D eigenvalue weighted by Crippen LogP contribution is 2.21. The summed E-state index contributed by atoms with van der Waals surface area (Å²) in [5.41, 5.74) is 1.43. The van der Waals surface area contributed by atoms with Gasteiger partial charge in [0.15, 0.2) is 0 Å². The lowest BCUT2D eigenvalue weighted by Crippen LogP contribution is -2.24. The molecule has 5 heteroatoms. The molecule has 0 aliphatic heterocycles. The van der Waals surface area contributed by atoms with Crippen molar-refractivity contribution in [3.63, 3.8) is 0 Å². The molecule has 1 aromatic carbocycles. The van der Waals surface area contributed by atoms with Gasteiger partial charge in [0.25, 0.3) is 0 Å². The average Bonchev–Trinajstić information content (AvgIpc) is 2.50. The molecule has 1 aliphatic carbocycles. The van der Waals surface area contributed by atoms with E-state index in [4.69, 9.17) is 0 Å². The van der Waals surface area contributed by atoms with E-state index in [0.29, 0.717) is 5.69 Å². The third-order valence-electron chi connectivity index (χ3n) is 3.28. The van der Waals surface area contributed by atoms with Gasteiger partial charge in [-0.2, -0.15) is 0 Å². The third-order valence-corrected chi connectivity index (χ3v) is 3.28. The summed E-state index contributed by atoms with van der Waals surface area (Å²) in [6.07, 6.45) is 6.85. The first kappa shape index (κ1) is 14.1. The van der Waals surface area contributed by atoms with E-state index < -0.39 is 0 Å². The van der Waals surface area contributed by atoms with E-state index in [1.54, 1.807) is 31.3 Å². The molecule has 20 heavy (non-hydrogen) atoms. The van der Waals surface area contributed by atoms with E-state index in [1.165, 1.54) is 0 Å². The predicted octanol–water partition coefficient (Wildman–Crippen LogP) is 2.73. The standard InChI is InChI=1S/C15H19N3O2/c1-16-15(20)18-13-9-7-12(8-10-13)17-14(19)11-5-3-2-4-6-11/h2-3,7-11H,4-6H2,1H3,(H,17,19)(H2,16,18,20)/t11-/m0/s1. The lowest BCUT2D eigenvalue weighted by atomic mass is 9.93. The highest BCUT2D eigenvalue weighted by atomic mass is 16.2. The summed E-state index contributed by atoms with van der Waals surface area (Å²) in [5, 5.41) is 8.05. The van der Waals surface area contributed by atoms with Crippen molar-refractivity contribution in [3.8, 4) is 0 Å². The molecule has 1 aromatic rings. The van der Waals surface area contributed by atoms with E-state index >= 15 is 0 Å². The molecule has 0 aromatic heterocycles. The number of benzene rings is 1. The van der Waals surface area contributed by atoms with Gasteiger partial charge >= 0.3 is 6.03 Å². The Morgan fingerprint density at radius 3 is 2.25 bits per heavy atom. The Balaban J connectivity index is 1.91. The van der Waals surface area contributed by atoms with E-state index in [0.717, 1.165) is 24.9 Å². The van der Waals surface area contributed by atoms with Crippen LogP contribution in [0.4, 0.5) is 16.2 Å². The molecule has 0 bridgehead atoms. The summed E-state index contributed by atoms with van der Waals surface area (Å²) in [6, 6.07) is 6.80. The molecule has 3 amide bonds. The Bertz CT molecular complexity index is 508. The predicted molar refractivity (Wildman–Crippen MR) is 79.6 cm³/mol. The van der Waals surface area contributed by atoms with Crippen molar-refractivity contribution in [3.05, 3.63) is 36.4 Å². The summed E-state index contributed by atoms with van der Waals surface area (Å²) in [7, 11) is 1.56. The van der Waals surface area contributed by atoms with Crippen LogP contribution in [0.2, 0.25) is 0 Å². The number of allylic oxidation sites excluding steroid dienone is 2. The monoisotopic (exact) mass is 273 g/mol. The van der Waals surface area contributed by atoms with Crippen molar-refractivity contribution >= 4 is 23.3 Å². The summed E-state index contributed by atoms with van der Waals surface area (Å²) in [4.78, 5) is 23.2. The van der Waals surface area contributed by atoms with Crippen LogP contribution in [0.15, 0.2) is 36.4 Å². The number of carbonyl (C=O) groups is 2. The van der Waals surface area contributed by atoms with Crippen LogP contribution in [0.5, 0.6) is 0 Å². The van der Waals surface area contributed by atoms with Gasteiger partial charge in [-0.3, -0.25) is 4.79 Å². The Hall–Kier alpha value is -2.30. The second-order valence-corrected chi connectivity index (χ2v) is 4.75. The summed E-state index contributed by atoms with van der Waals surface area (Å²) in [5.74, 6) is 0.116. The first-order chi connectivity index (χ1) is 9.69. The molecular formula is C15H19N3O2. The molecule has 0 unspecified atom stereocenters. The highest BCUT2D eigenvalue weighted by molar-refractivity contribution is 5.93. The number of urea groups is 1.